The van der Waals surface area contributed by atoms with Crippen molar-refractivity contribution < 1.29 is 14.4 Å². The van der Waals surface area contributed by atoms with Gasteiger partial charge in [-0.1, -0.05) is 6.92 Å². The Kier molecular flexibility index (Phi) is 7.41. The molecule has 0 aliphatic carbocycles. The number of benzene rings is 1. The van der Waals surface area contributed by atoms with E-state index in [1.807, 2.05) is 6.92 Å². The lowest BCUT2D eigenvalue weighted by molar-refractivity contribution is -0.124. The summed E-state index contributed by atoms with van der Waals surface area (Å²) in [6.07, 6.45) is 0.877. The molecule has 0 unspecified atom stereocenters. The second-order valence-electron chi connectivity index (χ2n) is 5.56. The van der Waals surface area contributed by atoms with Crippen LogP contribution in [0.15, 0.2) is 24.3 Å². The van der Waals surface area contributed by atoms with Crippen molar-refractivity contribution in [2.45, 2.75) is 33.2 Å². The molecule has 0 saturated heterocycles. The van der Waals surface area contributed by atoms with Crippen LogP contribution in [0.2, 0.25) is 0 Å². The Morgan fingerprint density at radius 1 is 1.17 bits per heavy atom. The zero-order chi connectivity index (χ0) is 17.4. The quantitative estimate of drug-likeness (QED) is 0.715. The van der Waals surface area contributed by atoms with Gasteiger partial charge >= 0.3 is 0 Å². The van der Waals surface area contributed by atoms with Crippen molar-refractivity contribution in [3.05, 3.63) is 29.8 Å². The fourth-order valence-corrected chi connectivity index (χ4v) is 1.92. The number of rotatable bonds is 8. The standard InChI is InChI=1S/C17H25N3O3/c1-5-10-18-16(22)11-20(4)12(2)17(23)19-15-8-6-14(7-9-15)13(3)21/h6-9,12H,5,10-11H2,1-4H3,(H,18,22)(H,19,23)/t12-/m1/s1. The van der Waals surface area contributed by atoms with Gasteiger partial charge < -0.3 is 10.6 Å². The first-order chi connectivity index (χ1) is 10.8. The number of carbonyl (C=O) groups excluding carboxylic acids is 3. The fourth-order valence-electron chi connectivity index (χ4n) is 1.92. The molecule has 0 aromatic heterocycles. The van der Waals surface area contributed by atoms with E-state index in [9.17, 15) is 14.4 Å². The van der Waals surface area contributed by atoms with Crippen LogP contribution in [0, 0.1) is 0 Å². The minimum atomic E-state index is -0.449. The summed E-state index contributed by atoms with van der Waals surface area (Å²) < 4.78 is 0. The first-order valence-corrected chi connectivity index (χ1v) is 7.74. The number of hydrogen-bond donors (Lipinski definition) is 2. The van der Waals surface area contributed by atoms with E-state index in [-0.39, 0.29) is 24.1 Å². The van der Waals surface area contributed by atoms with E-state index in [0.29, 0.717) is 17.8 Å². The minimum absolute atomic E-state index is 0.0194. The van der Waals surface area contributed by atoms with Gasteiger partial charge in [0.15, 0.2) is 5.78 Å². The highest BCUT2D eigenvalue weighted by Gasteiger charge is 2.20. The van der Waals surface area contributed by atoms with Crippen LogP contribution in [0.1, 0.15) is 37.6 Å². The lowest BCUT2D eigenvalue weighted by Crippen LogP contribution is -2.44. The van der Waals surface area contributed by atoms with Crippen molar-refractivity contribution in [2.24, 2.45) is 0 Å². The number of likely N-dealkylation sites (N-methyl/N-ethyl adjacent to an activating group) is 1. The third-order valence-electron chi connectivity index (χ3n) is 3.56. The number of ketones is 1. The van der Waals surface area contributed by atoms with Gasteiger partial charge in [0.25, 0.3) is 0 Å². The van der Waals surface area contributed by atoms with Crippen molar-refractivity contribution in [2.75, 3.05) is 25.5 Å². The van der Waals surface area contributed by atoms with Gasteiger partial charge in [-0.25, -0.2) is 0 Å². The van der Waals surface area contributed by atoms with Crippen LogP contribution in [-0.4, -0.2) is 48.7 Å². The Bertz CT molecular complexity index is 555. The number of anilines is 1. The fraction of sp³-hybridized carbons (Fsp3) is 0.471. The molecule has 6 heteroatoms. The topological polar surface area (TPSA) is 78.5 Å². The molecule has 0 aliphatic rings. The highest BCUT2D eigenvalue weighted by Crippen LogP contribution is 2.11. The second-order valence-corrected chi connectivity index (χ2v) is 5.56. The highest BCUT2D eigenvalue weighted by molar-refractivity contribution is 5.97. The molecule has 0 bridgehead atoms. The maximum Gasteiger partial charge on any atom is 0.241 e. The van der Waals surface area contributed by atoms with Crippen molar-refractivity contribution in [3.8, 4) is 0 Å². The van der Waals surface area contributed by atoms with E-state index in [2.05, 4.69) is 10.6 Å². The molecule has 1 atom stereocenters. The Hall–Kier alpha value is -2.21. The van der Waals surface area contributed by atoms with Gasteiger partial charge in [-0.2, -0.15) is 0 Å². The molecular weight excluding hydrogens is 294 g/mol. The zero-order valence-corrected chi connectivity index (χ0v) is 14.2. The number of nitrogens with zero attached hydrogens (tertiary/aromatic N) is 1. The van der Waals surface area contributed by atoms with Gasteiger partial charge in [-0.3, -0.25) is 19.3 Å². The van der Waals surface area contributed by atoms with E-state index in [1.54, 1.807) is 43.1 Å². The number of Topliss-reactive ketones (excluding diaryl/α,β-unsaturated/α-hetero) is 1. The van der Waals surface area contributed by atoms with Crippen LogP contribution >= 0.6 is 0 Å². The molecule has 1 aromatic rings. The molecule has 6 nitrogen and oxygen atoms in total. The summed E-state index contributed by atoms with van der Waals surface area (Å²) in [5.41, 5.74) is 1.22. The highest BCUT2D eigenvalue weighted by atomic mass is 16.2. The van der Waals surface area contributed by atoms with Gasteiger partial charge in [0, 0.05) is 17.8 Å². The van der Waals surface area contributed by atoms with Crippen molar-refractivity contribution in [3.63, 3.8) is 0 Å². The van der Waals surface area contributed by atoms with Crippen LogP contribution < -0.4 is 10.6 Å². The summed E-state index contributed by atoms with van der Waals surface area (Å²) >= 11 is 0. The number of hydrogen-bond acceptors (Lipinski definition) is 4. The first kappa shape index (κ1) is 18.8. The van der Waals surface area contributed by atoms with Crippen LogP contribution in [0.3, 0.4) is 0 Å². The van der Waals surface area contributed by atoms with Crippen LogP contribution in [0.4, 0.5) is 5.69 Å². The van der Waals surface area contributed by atoms with E-state index in [0.717, 1.165) is 6.42 Å². The van der Waals surface area contributed by atoms with Crippen molar-refractivity contribution in [1.29, 1.82) is 0 Å². The van der Waals surface area contributed by atoms with Crippen molar-refractivity contribution in [1.82, 2.24) is 10.2 Å². The third-order valence-corrected chi connectivity index (χ3v) is 3.56. The van der Waals surface area contributed by atoms with Crippen molar-refractivity contribution >= 4 is 23.3 Å². The normalized spacial score (nSPS) is 11.9. The predicted molar refractivity (Wildman–Crippen MR) is 90.5 cm³/mol. The smallest absolute Gasteiger partial charge is 0.241 e. The predicted octanol–water partition coefficient (Wildman–Crippen LogP) is 1.67. The molecular formula is C17H25N3O3. The maximum atomic E-state index is 12.2. The van der Waals surface area contributed by atoms with Gasteiger partial charge in [-0.05, 0) is 51.6 Å². The molecule has 23 heavy (non-hydrogen) atoms. The molecule has 0 fully saturated rings. The van der Waals surface area contributed by atoms with Gasteiger partial charge in [0.05, 0.1) is 12.6 Å². The molecule has 0 spiro atoms. The number of nitrogens with one attached hydrogen (secondary N) is 2. The maximum absolute atomic E-state index is 12.2. The summed E-state index contributed by atoms with van der Waals surface area (Å²) in [5, 5.41) is 5.56. The Balaban J connectivity index is 2.55. The molecule has 0 radical (unpaired) electrons. The SMILES string of the molecule is CCCNC(=O)CN(C)[C@H](C)C(=O)Nc1ccc(C(C)=O)cc1. The summed E-state index contributed by atoms with van der Waals surface area (Å²) in [5.74, 6) is -0.319. The number of carbonyl (C=O) groups is 3. The van der Waals surface area contributed by atoms with E-state index >= 15 is 0 Å². The third kappa shape index (κ3) is 6.20. The molecule has 1 aromatic carbocycles. The second kappa shape index (κ2) is 9.05. The molecule has 126 valence electrons. The van der Waals surface area contributed by atoms with E-state index < -0.39 is 6.04 Å². The lowest BCUT2D eigenvalue weighted by Gasteiger charge is -2.23. The molecule has 0 saturated carbocycles. The molecule has 2 amide bonds. The summed E-state index contributed by atoms with van der Waals surface area (Å²) in [7, 11) is 1.73. The molecule has 0 aliphatic heterocycles. The zero-order valence-electron chi connectivity index (χ0n) is 14.2. The average Bonchev–Trinajstić information content (AvgIpc) is 2.52. The summed E-state index contributed by atoms with van der Waals surface area (Å²) in [4.78, 5) is 36.8. The summed E-state index contributed by atoms with van der Waals surface area (Å²) in [6.45, 7) is 6.02. The Morgan fingerprint density at radius 3 is 2.30 bits per heavy atom. The first-order valence-electron chi connectivity index (χ1n) is 7.74. The van der Waals surface area contributed by atoms with Gasteiger partial charge in [0.1, 0.15) is 0 Å². The lowest BCUT2D eigenvalue weighted by atomic mass is 10.1. The van der Waals surface area contributed by atoms with E-state index in [1.165, 1.54) is 6.92 Å². The monoisotopic (exact) mass is 319 g/mol. The Labute approximate surface area is 137 Å². The van der Waals surface area contributed by atoms with Gasteiger partial charge in [-0.15, -0.1) is 0 Å². The summed E-state index contributed by atoms with van der Waals surface area (Å²) in [6, 6.07) is 6.27. The Morgan fingerprint density at radius 2 is 1.78 bits per heavy atom. The molecule has 0 heterocycles. The van der Waals surface area contributed by atoms with Gasteiger partial charge in [0.2, 0.25) is 11.8 Å². The minimum Gasteiger partial charge on any atom is -0.355 e. The van der Waals surface area contributed by atoms with Crippen LogP contribution in [-0.2, 0) is 9.59 Å². The van der Waals surface area contributed by atoms with Crippen LogP contribution in [0.25, 0.3) is 0 Å². The molecule has 1 rings (SSSR count). The van der Waals surface area contributed by atoms with Crippen LogP contribution in [0.5, 0.6) is 0 Å². The molecule has 2 N–H and O–H groups in total. The number of amides is 2. The van der Waals surface area contributed by atoms with E-state index in [4.69, 9.17) is 0 Å². The largest absolute Gasteiger partial charge is 0.355 e. The average molecular weight is 319 g/mol.